The van der Waals surface area contributed by atoms with Gasteiger partial charge in [-0.25, -0.2) is 0 Å². The molecule has 0 atom stereocenters. The van der Waals surface area contributed by atoms with E-state index in [-0.39, 0.29) is 5.91 Å². The molecule has 1 heterocycles. The number of amides is 1. The number of ether oxygens (including phenoxy) is 1. The molecular weight excluding hydrogens is 266 g/mol. The number of carbonyl (C=O) groups is 1. The highest BCUT2D eigenvalue weighted by molar-refractivity contribution is 5.89. The lowest BCUT2D eigenvalue weighted by molar-refractivity contribution is -0.116. The van der Waals surface area contributed by atoms with Gasteiger partial charge in [0, 0.05) is 11.8 Å². The Morgan fingerprint density at radius 1 is 1.29 bits per heavy atom. The number of nitrogens with zero attached hydrogens (tertiary/aromatic N) is 1. The molecule has 0 bridgehead atoms. The minimum absolute atomic E-state index is 0.104. The first kappa shape index (κ1) is 15.1. The van der Waals surface area contributed by atoms with Gasteiger partial charge in [-0.3, -0.25) is 9.89 Å². The third-order valence-electron chi connectivity index (χ3n) is 3.36. The number of benzene rings is 1. The molecule has 1 amide bonds. The van der Waals surface area contributed by atoms with Gasteiger partial charge in [-0.1, -0.05) is 13.0 Å². The zero-order valence-corrected chi connectivity index (χ0v) is 12.7. The summed E-state index contributed by atoms with van der Waals surface area (Å²) in [6.45, 7) is 6.47. The van der Waals surface area contributed by atoms with Crippen LogP contribution in [0.4, 0.5) is 5.82 Å². The summed E-state index contributed by atoms with van der Waals surface area (Å²) in [7, 11) is 0. The Morgan fingerprint density at radius 2 is 2.10 bits per heavy atom. The Kier molecular flexibility index (Phi) is 4.98. The second-order valence-electron chi connectivity index (χ2n) is 5.02. The van der Waals surface area contributed by atoms with Crippen LogP contribution in [0.5, 0.6) is 5.75 Å². The standard InChI is InChI=1S/C16H21N3O2/c1-4-13-10-15(19-18-13)17-16(20)7-8-21-14-6-5-11(2)12(3)9-14/h5-6,9-10H,4,7-8H2,1-3H3,(H2,17,18,19,20). The molecular formula is C16H21N3O2. The van der Waals surface area contributed by atoms with Crippen LogP contribution in [0.1, 0.15) is 30.2 Å². The highest BCUT2D eigenvalue weighted by atomic mass is 16.5. The normalized spacial score (nSPS) is 10.4. The van der Waals surface area contributed by atoms with Crippen molar-refractivity contribution in [1.29, 1.82) is 0 Å². The lowest BCUT2D eigenvalue weighted by Gasteiger charge is -2.08. The fourth-order valence-electron chi connectivity index (χ4n) is 1.88. The van der Waals surface area contributed by atoms with E-state index < -0.39 is 0 Å². The van der Waals surface area contributed by atoms with Crippen molar-refractivity contribution in [3.05, 3.63) is 41.1 Å². The predicted octanol–water partition coefficient (Wildman–Crippen LogP) is 3.00. The highest BCUT2D eigenvalue weighted by Crippen LogP contribution is 2.16. The van der Waals surface area contributed by atoms with Gasteiger partial charge in [0.25, 0.3) is 0 Å². The smallest absolute Gasteiger partial charge is 0.229 e. The number of carbonyl (C=O) groups excluding carboxylic acids is 1. The lowest BCUT2D eigenvalue weighted by atomic mass is 10.1. The summed E-state index contributed by atoms with van der Waals surface area (Å²) in [5, 5.41) is 9.62. The maximum Gasteiger partial charge on any atom is 0.229 e. The zero-order valence-electron chi connectivity index (χ0n) is 12.7. The molecule has 0 saturated heterocycles. The van der Waals surface area contributed by atoms with Crippen LogP contribution in [0.3, 0.4) is 0 Å². The van der Waals surface area contributed by atoms with Crippen molar-refractivity contribution in [1.82, 2.24) is 10.2 Å². The van der Waals surface area contributed by atoms with Gasteiger partial charge >= 0.3 is 0 Å². The monoisotopic (exact) mass is 287 g/mol. The SMILES string of the molecule is CCc1cc(NC(=O)CCOc2ccc(C)c(C)c2)n[nH]1. The van der Waals surface area contributed by atoms with Crippen molar-refractivity contribution in [3.8, 4) is 5.75 Å². The molecule has 0 saturated carbocycles. The van der Waals surface area contributed by atoms with Crippen LogP contribution in [0.25, 0.3) is 0 Å². The van der Waals surface area contributed by atoms with E-state index >= 15 is 0 Å². The number of aromatic nitrogens is 2. The zero-order chi connectivity index (χ0) is 15.2. The fourth-order valence-corrected chi connectivity index (χ4v) is 1.88. The molecule has 112 valence electrons. The van der Waals surface area contributed by atoms with Crippen molar-refractivity contribution in [2.24, 2.45) is 0 Å². The van der Waals surface area contributed by atoms with Gasteiger partial charge in [-0.05, 0) is 43.5 Å². The number of anilines is 1. The molecule has 0 aliphatic carbocycles. The largest absolute Gasteiger partial charge is 0.493 e. The number of aryl methyl sites for hydroxylation is 3. The van der Waals surface area contributed by atoms with Gasteiger partial charge in [0.05, 0.1) is 13.0 Å². The summed E-state index contributed by atoms with van der Waals surface area (Å²) >= 11 is 0. The lowest BCUT2D eigenvalue weighted by Crippen LogP contribution is -2.15. The average molecular weight is 287 g/mol. The van der Waals surface area contributed by atoms with Crippen LogP contribution < -0.4 is 10.1 Å². The molecule has 0 fully saturated rings. The first-order chi connectivity index (χ1) is 10.1. The number of rotatable bonds is 6. The van der Waals surface area contributed by atoms with E-state index in [1.54, 1.807) is 0 Å². The summed E-state index contributed by atoms with van der Waals surface area (Å²) in [5.41, 5.74) is 3.41. The van der Waals surface area contributed by atoms with E-state index in [0.717, 1.165) is 17.9 Å². The van der Waals surface area contributed by atoms with Crippen molar-refractivity contribution >= 4 is 11.7 Å². The van der Waals surface area contributed by atoms with Crippen LogP contribution in [-0.2, 0) is 11.2 Å². The summed E-state index contributed by atoms with van der Waals surface area (Å²) in [4.78, 5) is 11.8. The number of nitrogens with one attached hydrogen (secondary N) is 2. The summed E-state index contributed by atoms with van der Waals surface area (Å²) in [5.74, 6) is 1.25. The van der Waals surface area contributed by atoms with Crippen molar-refractivity contribution in [2.75, 3.05) is 11.9 Å². The fraction of sp³-hybridized carbons (Fsp3) is 0.375. The molecule has 1 aromatic heterocycles. The van der Waals surface area contributed by atoms with Gasteiger partial charge < -0.3 is 10.1 Å². The molecule has 0 aliphatic heterocycles. The first-order valence-electron chi connectivity index (χ1n) is 7.12. The van der Waals surface area contributed by atoms with Crippen LogP contribution in [0.15, 0.2) is 24.3 Å². The Labute approximate surface area is 124 Å². The Morgan fingerprint density at radius 3 is 2.76 bits per heavy atom. The van der Waals surface area contributed by atoms with E-state index in [9.17, 15) is 4.79 Å². The molecule has 0 unspecified atom stereocenters. The topological polar surface area (TPSA) is 67.0 Å². The van der Waals surface area contributed by atoms with Crippen LogP contribution in [-0.4, -0.2) is 22.7 Å². The van der Waals surface area contributed by atoms with E-state index in [0.29, 0.717) is 18.8 Å². The number of hydrogen-bond acceptors (Lipinski definition) is 3. The maximum atomic E-state index is 11.8. The van der Waals surface area contributed by atoms with Gasteiger partial charge in [0.2, 0.25) is 5.91 Å². The van der Waals surface area contributed by atoms with Gasteiger partial charge in [0.15, 0.2) is 5.82 Å². The summed E-state index contributed by atoms with van der Waals surface area (Å²) in [6, 6.07) is 7.75. The van der Waals surface area contributed by atoms with Crippen molar-refractivity contribution in [3.63, 3.8) is 0 Å². The molecule has 2 aromatic rings. The molecule has 5 nitrogen and oxygen atoms in total. The summed E-state index contributed by atoms with van der Waals surface area (Å²) < 4.78 is 5.59. The number of hydrogen-bond donors (Lipinski definition) is 2. The Hall–Kier alpha value is -2.30. The Bertz CT molecular complexity index is 620. The highest BCUT2D eigenvalue weighted by Gasteiger charge is 2.06. The minimum Gasteiger partial charge on any atom is -0.493 e. The molecule has 0 aliphatic rings. The third kappa shape index (κ3) is 4.34. The van der Waals surface area contributed by atoms with Crippen molar-refractivity contribution < 1.29 is 9.53 Å². The van der Waals surface area contributed by atoms with Crippen molar-refractivity contribution in [2.45, 2.75) is 33.6 Å². The number of aromatic amines is 1. The van der Waals surface area contributed by atoms with Gasteiger partial charge in [0.1, 0.15) is 5.75 Å². The second kappa shape index (κ2) is 6.92. The number of H-pyrrole nitrogens is 1. The first-order valence-corrected chi connectivity index (χ1v) is 7.12. The summed E-state index contributed by atoms with van der Waals surface area (Å²) in [6.07, 6.45) is 1.15. The quantitative estimate of drug-likeness (QED) is 0.858. The third-order valence-corrected chi connectivity index (χ3v) is 3.36. The van der Waals surface area contributed by atoms with Crippen LogP contribution >= 0.6 is 0 Å². The molecule has 0 spiro atoms. The van der Waals surface area contributed by atoms with Crippen LogP contribution in [0, 0.1) is 13.8 Å². The predicted molar refractivity (Wildman–Crippen MR) is 82.6 cm³/mol. The van der Waals surface area contributed by atoms with Crippen LogP contribution in [0.2, 0.25) is 0 Å². The second-order valence-corrected chi connectivity index (χ2v) is 5.02. The Balaban J connectivity index is 1.77. The molecule has 2 N–H and O–H groups in total. The van der Waals surface area contributed by atoms with E-state index in [4.69, 9.17) is 4.74 Å². The molecule has 2 rings (SSSR count). The maximum absolute atomic E-state index is 11.8. The minimum atomic E-state index is -0.104. The van der Waals surface area contributed by atoms with E-state index in [1.807, 2.05) is 38.1 Å². The molecule has 21 heavy (non-hydrogen) atoms. The molecule has 0 radical (unpaired) electrons. The average Bonchev–Trinajstić information content (AvgIpc) is 2.90. The molecule has 5 heteroatoms. The molecule has 1 aromatic carbocycles. The van der Waals surface area contributed by atoms with E-state index in [2.05, 4.69) is 22.4 Å². The van der Waals surface area contributed by atoms with Gasteiger partial charge in [-0.2, -0.15) is 5.10 Å². The van der Waals surface area contributed by atoms with E-state index in [1.165, 1.54) is 11.1 Å². The van der Waals surface area contributed by atoms with Gasteiger partial charge in [-0.15, -0.1) is 0 Å².